The Labute approximate surface area is 79.2 Å². The number of hydrogen-bond acceptors (Lipinski definition) is 3. The minimum absolute atomic E-state index is 0.406. The molecule has 1 aromatic heterocycles. The lowest BCUT2D eigenvalue weighted by Gasteiger charge is -2.18. The van der Waals surface area contributed by atoms with Gasteiger partial charge in [-0.05, 0) is 27.2 Å². The van der Waals surface area contributed by atoms with E-state index in [1.807, 2.05) is 20.8 Å². The fraction of sp³-hybridized carbons (Fsp3) is 0.778. The highest BCUT2D eigenvalue weighted by atomic mass is 15.3. The normalized spacial score (nSPS) is 12.1. The zero-order valence-corrected chi connectivity index (χ0v) is 8.83. The third-order valence-electron chi connectivity index (χ3n) is 1.96. The maximum Gasteiger partial charge on any atom is 0.152 e. The van der Waals surface area contributed by atoms with Crippen molar-refractivity contribution in [2.75, 3.05) is 0 Å². The highest BCUT2D eigenvalue weighted by Gasteiger charge is 2.22. The summed E-state index contributed by atoms with van der Waals surface area (Å²) in [5.74, 6) is 1.81. The van der Waals surface area contributed by atoms with E-state index in [9.17, 15) is 0 Å². The molecule has 74 valence electrons. The first kappa shape index (κ1) is 10.2. The topological polar surface area (TPSA) is 56.7 Å². The summed E-state index contributed by atoms with van der Waals surface area (Å²) < 4.78 is 2.08. The molecule has 0 atom stereocenters. The first-order valence-electron chi connectivity index (χ1n) is 4.66. The van der Waals surface area contributed by atoms with Crippen molar-refractivity contribution in [3.8, 4) is 0 Å². The summed E-state index contributed by atoms with van der Waals surface area (Å²) >= 11 is 0. The summed E-state index contributed by atoms with van der Waals surface area (Å²) in [4.78, 5) is 0. The van der Waals surface area contributed by atoms with Gasteiger partial charge in [0.05, 0.1) is 5.54 Å². The minimum atomic E-state index is -0.406. The predicted molar refractivity (Wildman–Crippen MR) is 52.3 cm³/mol. The summed E-state index contributed by atoms with van der Waals surface area (Å²) in [6.07, 6.45) is 1.07. The first-order chi connectivity index (χ1) is 5.96. The van der Waals surface area contributed by atoms with Crippen molar-refractivity contribution in [1.82, 2.24) is 14.8 Å². The molecule has 0 aliphatic carbocycles. The molecule has 0 saturated heterocycles. The summed E-state index contributed by atoms with van der Waals surface area (Å²) in [5.41, 5.74) is 5.57. The third kappa shape index (κ3) is 2.06. The molecule has 0 aliphatic heterocycles. The van der Waals surface area contributed by atoms with Crippen LogP contribution in [0.5, 0.6) is 0 Å². The van der Waals surface area contributed by atoms with Crippen LogP contribution >= 0.6 is 0 Å². The van der Waals surface area contributed by atoms with Crippen LogP contribution in [0.4, 0.5) is 0 Å². The summed E-state index contributed by atoms with van der Waals surface area (Å²) in [6, 6.07) is 0. The largest absolute Gasteiger partial charge is 0.319 e. The second-order valence-electron chi connectivity index (χ2n) is 3.94. The number of nitrogens with zero attached hydrogens (tertiary/aromatic N) is 3. The maximum absolute atomic E-state index is 5.98. The van der Waals surface area contributed by atoms with Crippen LogP contribution in [0, 0.1) is 6.92 Å². The van der Waals surface area contributed by atoms with E-state index < -0.39 is 5.54 Å². The van der Waals surface area contributed by atoms with E-state index in [4.69, 9.17) is 5.73 Å². The molecule has 13 heavy (non-hydrogen) atoms. The number of nitrogens with two attached hydrogens (primary N) is 1. The molecule has 1 heterocycles. The number of aryl methyl sites for hydroxylation is 1. The molecule has 0 amide bonds. The summed E-state index contributed by atoms with van der Waals surface area (Å²) in [5, 5.41) is 8.13. The van der Waals surface area contributed by atoms with Gasteiger partial charge in [-0.25, -0.2) is 0 Å². The van der Waals surface area contributed by atoms with Crippen LogP contribution in [0.15, 0.2) is 0 Å². The second-order valence-corrected chi connectivity index (χ2v) is 3.94. The van der Waals surface area contributed by atoms with E-state index in [0.29, 0.717) is 0 Å². The van der Waals surface area contributed by atoms with E-state index in [2.05, 4.69) is 21.7 Å². The summed E-state index contributed by atoms with van der Waals surface area (Å²) in [6.45, 7) is 8.92. The van der Waals surface area contributed by atoms with E-state index in [0.717, 1.165) is 24.6 Å². The lowest BCUT2D eigenvalue weighted by atomic mass is 10.1. The summed E-state index contributed by atoms with van der Waals surface area (Å²) in [7, 11) is 0. The predicted octanol–water partition coefficient (Wildman–Crippen LogP) is 1.19. The number of aromatic nitrogens is 3. The van der Waals surface area contributed by atoms with Gasteiger partial charge >= 0.3 is 0 Å². The second kappa shape index (κ2) is 3.46. The first-order valence-corrected chi connectivity index (χ1v) is 4.66. The molecule has 0 spiro atoms. The third-order valence-corrected chi connectivity index (χ3v) is 1.96. The van der Waals surface area contributed by atoms with Crippen LogP contribution in [0.1, 0.15) is 38.8 Å². The molecular weight excluding hydrogens is 164 g/mol. The number of hydrogen-bond donors (Lipinski definition) is 1. The molecule has 0 saturated carbocycles. The molecule has 0 bridgehead atoms. The fourth-order valence-electron chi connectivity index (χ4n) is 1.35. The van der Waals surface area contributed by atoms with Crippen molar-refractivity contribution in [2.24, 2.45) is 5.73 Å². The van der Waals surface area contributed by atoms with Crippen molar-refractivity contribution < 1.29 is 0 Å². The minimum Gasteiger partial charge on any atom is -0.319 e. The Hall–Kier alpha value is -0.900. The standard InChI is InChI=1S/C9H18N4/c1-5-6-13-7(2)11-12-8(13)9(3,4)10/h5-6,10H2,1-4H3. The zero-order chi connectivity index (χ0) is 10.1. The Kier molecular flexibility index (Phi) is 2.71. The Morgan fingerprint density at radius 3 is 2.46 bits per heavy atom. The van der Waals surface area contributed by atoms with E-state index >= 15 is 0 Å². The molecule has 1 rings (SSSR count). The molecule has 4 heteroatoms. The zero-order valence-electron chi connectivity index (χ0n) is 8.83. The van der Waals surface area contributed by atoms with Crippen LogP contribution < -0.4 is 5.73 Å². The van der Waals surface area contributed by atoms with Crippen molar-refractivity contribution in [1.29, 1.82) is 0 Å². The number of rotatable bonds is 3. The molecule has 2 N–H and O–H groups in total. The average Bonchev–Trinajstić information content (AvgIpc) is 2.32. The Morgan fingerprint density at radius 2 is 2.00 bits per heavy atom. The van der Waals surface area contributed by atoms with Crippen LogP contribution in [-0.2, 0) is 12.1 Å². The van der Waals surface area contributed by atoms with Crippen LogP contribution in [0.25, 0.3) is 0 Å². The molecule has 0 aliphatic rings. The molecule has 1 aromatic rings. The molecule has 0 radical (unpaired) electrons. The van der Waals surface area contributed by atoms with Crippen LogP contribution in [0.3, 0.4) is 0 Å². The molecule has 0 fully saturated rings. The average molecular weight is 182 g/mol. The molecular formula is C9H18N4. The highest BCUT2D eigenvalue weighted by molar-refractivity contribution is 5.04. The van der Waals surface area contributed by atoms with Gasteiger partial charge in [-0.15, -0.1) is 10.2 Å². The van der Waals surface area contributed by atoms with Gasteiger partial charge in [0.2, 0.25) is 0 Å². The van der Waals surface area contributed by atoms with Gasteiger partial charge in [0.25, 0.3) is 0 Å². The van der Waals surface area contributed by atoms with Gasteiger partial charge in [0.1, 0.15) is 5.82 Å². The van der Waals surface area contributed by atoms with Crippen molar-refractivity contribution >= 4 is 0 Å². The lowest BCUT2D eigenvalue weighted by Crippen LogP contribution is -2.32. The van der Waals surface area contributed by atoms with Gasteiger partial charge in [-0.2, -0.15) is 0 Å². The van der Waals surface area contributed by atoms with Gasteiger partial charge in [0.15, 0.2) is 5.82 Å². The fourth-order valence-corrected chi connectivity index (χ4v) is 1.35. The Morgan fingerprint density at radius 1 is 1.38 bits per heavy atom. The Balaban J connectivity index is 3.07. The van der Waals surface area contributed by atoms with Gasteiger partial charge < -0.3 is 10.3 Å². The molecule has 0 aromatic carbocycles. The Bertz CT molecular complexity index is 282. The van der Waals surface area contributed by atoms with Gasteiger partial charge in [-0.1, -0.05) is 6.92 Å². The van der Waals surface area contributed by atoms with E-state index in [1.54, 1.807) is 0 Å². The molecule has 0 unspecified atom stereocenters. The van der Waals surface area contributed by atoms with Gasteiger partial charge in [0, 0.05) is 6.54 Å². The van der Waals surface area contributed by atoms with Crippen molar-refractivity contribution in [3.63, 3.8) is 0 Å². The van der Waals surface area contributed by atoms with Crippen molar-refractivity contribution in [2.45, 2.75) is 46.2 Å². The van der Waals surface area contributed by atoms with Crippen molar-refractivity contribution in [3.05, 3.63) is 11.6 Å². The smallest absolute Gasteiger partial charge is 0.152 e. The maximum atomic E-state index is 5.98. The SMILES string of the molecule is CCCn1c(C)nnc1C(C)(C)N. The van der Waals surface area contributed by atoms with Crippen LogP contribution in [-0.4, -0.2) is 14.8 Å². The quantitative estimate of drug-likeness (QED) is 0.764. The highest BCUT2D eigenvalue weighted by Crippen LogP contribution is 2.15. The monoisotopic (exact) mass is 182 g/mol. The van der Waals surface area contributed by atoms with Crippen LogP contribution in [0.2, 0.25) is 0 Å². The van der Waals surface area contributed by atoms with E-state index in [1.165, 1.54) is 0 Å². The molecule has 4 nitrogen and oxygen atoms in total. The van der Waals surface area contributed by atoms with E-state index in [-0.39, 0.29) is 0 Å². The van der Waals surface area contributed by atoms with Gasteiger partial charge in [-0.3, -0.25) is 0 Å². The lowest BCUT2D eigenvalue weighted by molar-refractivity contribution is 0.468.